The van der Waals surface area contributed by atoms with E-state index in [4.69, 9.17) is 0 Å². The third-order valence-electron chi connectivity index (χ3n) is 1.85. The number of halogens is 4. The molecular formula is C8H13BrF3NO. The van der Waals surface area contributed by atoms with Crippen LogP contribution in [0.3, 0.4) is 0 Å². The number of hydrogen-bond acceptors (Lipinski definition) is 1. The minimum atomic E-state index is -4.43. The summed E-state index contributed by atoms with van der Waals surface area (Å²) in [5.74, 6) is -0.870. The Morgan fingerprint density at radius 2 is 1.93 bits per heavy atom. The smallest absolute Gasteiger partial charge is 0.353 e. The highest BCUT2D eigenvalue weighted by atomic mass is 79.9. The van der Waals surface area contributed by atoms with Crippen LogP contribution in [0.1, 0.15) is 20.3 Å². The van der Waals surface area contributed by atoms with Gasteiger partial charge in [0, 0.05) is 11.4 Å². The molecule has 2 atom stereocenters. The minimum absolute atomic E-state index is 0.104. The highest BCUT2D eigenvalue weighted by Gasteiger charge is 2.31. The van der Waals surface area contributed by atoms with Crippen LogP contribution in [0.25, 0.3) is 0 Å². The van der Waals surface area contributed by atoms with Gasteiger partial charge in [0.2, 0.25) is 5.91 Å². The van der Waals surface area contributed by atoms with Crippen molar-refractivity contribution < 1.29 is 18.0 Å². The number of hydrogen-bond donors (Lipinski definition) is 1. The lowest BCUT2D eigenvalue weighted by atomic mass is 10.1. The normalized spacial score (nSPS) is 16.1. The molecule has 0 rings (SSSR count). The lowest BCUT2D eigenvalue weighted by Gasteiger charge is -2.19. The second kappa shape index (κ2) is 5.58. The zero-order chi connectivity index (χ0) is 11.4. The zero-order valence-electron chi connectivity index (χ0n) is 7.99. The number of alkyl halides is 4. The third-order valence-corrected chi connectivity index (χ3v) is 2.87. The first kappa shape index (κ1) is 13.7. The van der Waals surface area contributed by atoms with E-state index in [0.717, 1.165) is 0 Å². The van der Waals surface area contributed by atoms with Crippen LogP contribution in [0, 0.1) is 5.92 Å². The van der Waals surface area contributed by atoms with Gasteiger partial charge in [0.15, 0.2) is 0 Å². The fourth-order valence-corrected chi connectivity index (χ4v) is 1.32. The second-order valence-corrected chi connectivity index (χ2v) is 3.93. The van der Waals surface area contributed by atoms with Crippen molar-refractivity contribution in [1.29, 1.82) is 0 Å². The number of rotatable bonds is 4. The van der Waals surface area contributed by atoms with Gasteiger partial charge in [0.1, 0.15) is 6.42 Å². The summed E-state index contributed by atoms with van der Waals surface area (Å²) in [6.45, 7) is 3.52. The van der Waals surface area contributed by atoms with E-state index in [1.807, 2.05) is 6.92 Å². The van der Waals surface area contributed by atoms with Gasteiger partial charge in [-0.1, -0.05) is 22.9 Å². The van der Waals surface area contributed by atoms with Crippen molar-refractivity contribution in [3.05, 3.63) is 0 Å². The first-order chi connectivity index (χ1) is 6.26. The first-order valence-electron chi connectivity index (χ1n) is 4.18. The van der Waals surface area contributed by atoms with Crippen molar-refractivity contribution in [2.75, 3.05) is 5.33 Å². The molecule has 1 amide bonds. The summed E-state index contributed by atoms with van der Waals surface area (Å²) in [6, 6.07) is -0.260. The van der Waals surface area contributed by atoms with Crippen LogP contribution in [-0.4, -0.2) is 23.5 Å². The molecule has 0 saturated carbocycles. The molecular weight excluding hydrogens is 263 g/mol. The van der Waals surface area contributed by atoms with Crippen molar-refractivity contribution in [2.45, 2.75) is 32.5 Å². The molecule has 1 N–H and O–H groups in total. The van der Waals surface area contributed by atoms with E-state index in [-0.39, 0.29) is 12.0 Å². The SMILES string of the molecule is CC(CBr)C(C)NC(=O)CC(F)(F)F. The summed E-state index contributed by atoms with van der Waals surface area (Å²) in [4.78, 5) is 10.8. The minimum Gasteiger partial charge on any atom is -0.353 e. The number of carbonyl (C=O) groups excluding carboxylic acids is 1. The van der Waals surface area contributed by atoms with Gasteiger partial charge in [-0.2, -0.15) is 13.2 Å². The van der Waals surface area contributed by atoms with Crippen molar-refractivity contribution in [3.63, 3.8) is 0 Å². The van der Waals surface area contributed by atoms with E-state index in [0.29, 0.717) is 5.33 Å². The predicted molar refractivity (Wildman–Crippen MR) is 51.2 cm³/mol. The largest absolute Gasteiger partial charge is 0.397 e. The molecule has 0 aliphatic rings. The first-order valence-corrected chi connectivity index (χ1v) is 5.30. The Balaban J connectivity index is 3.95. The Morgan fingerprint density at radius 3 is 2.29 bits per heavy atom. The predicted octanol–water partition coefficient (Wildman–Crippen LogP) is 2.47. The summed E-state index contributed by atoms with van der Waals surface area (Å²) < 4.78 is 35.3. The van der Waals surface area contributed by atoms with Crippen LogP contribution >= 0.6 is 15.9 Å². The molecule has 14 heavy (non-hydrogen) atoms. The molecule has 0 aromatic carbocycles. The van der Waals surface area contributed by atoms with Crippen molar-refractivity contribution in [3.8, 4) is 0 Å². The van der Waals surface area contributed by atoms with E-state index < -0.39 is 18.5 Å². The molecule has 0 saturated heterocycles. The summed E-state index contributed by atoms with van der Waals surface area (Å²) >= 11 is 3.19. The highest BCUT2D eigenvalue weighted by Crippen LogP contribution is 2.19. The van der Waals surface area contributed by atoms with Gasteiger partial charge in [0.05, 0.1) is 0 Å². The molecule has 0 bridgehead atoms. The Hall–Kier alpha value is -0.260. The average molecular weight is 276 g/mol. The maximum Gasteiger partial charge on any atom is 0.397 e. The van der Waals surface area contributed by atoms with Crippen LogP contribution < -0.4 is 5.32 Å². The van der Waals surface area contributed by atoms with Gasteiger partial charge in [-0.05, 0) is 12.8 Å². The number of nitrogens with one attached hydrogen (secondary N) is 1. The van der Waals surface area contributed by atoms with E-state index in [1.54, 1.807) is 6.92 Å². The van der Waals surface area contributed by atoms with Crippen LogP contribution in [0.4, 0.5) is 13.2 Å². The molecule has 84 valence electrons. The Morgan fingerprint density at radius 1 is 1.43 bits per heavy atom. The molecule has 2 unspecified atom stereocenters. The van der Waals surface area contributed by atoms with Gasteiger partial charge in [0.25, 0.3) is 0 Å². The van der Waals surface area contributed by atoms with Gasteiger partial charge >= 0.3 is 6.18 Å². The van der Waals surface area contributed by atoms with Crippen LogP contribution in [0.2, 0.25) is 0 Å². The van der Waals surface area contributed by atoms with E-state index >= 15 is 0 Å². The fraction of sp³-hybridized carbons (Fsp3) is 0.875. The molecule has 0 aromatic rings. The highest BCUT2D eigenvalue weighted by molar-refractivity contribution is 9.09. The van der Waals surface area contributed by atoms with Crippen molar-refractivity contribution in [2.24, 2.45) is 5.92 Å². The van der Waals surface area contributed by atoms with Crippen LogP contribution in [0.5, 0.6) is 0 Å². The summed E-state index contributed by atoms with van der Waals surface area (Å²) in [5.41, 5.74) is 0. The van der Waals surface area contributed by atoms with Gasteiger partial charge in [-0.3, -0.25) is 4.79 Å². The lowest BCUT2D eigenvalue weighted by Crippen LogP contribution is -2.39. The maximum atomic E-state index is 11.8. The molecule has 0 heterocycles. The Bertz CT molecular complexity index is 196. The molecule has 0 aliphatic carbocycles. The molecule has 6 heteroatoms. The summed E-state index contributed by atoms with van der Waals surface area (Å²) in [5, 5.41) is 2.94. The summed E-state index contributed by atoms with van der Waals surface area (Å²) in [6.07, 6.45) is -5.84. The van der Waals surface area contributed by atoms with E-state index in [9.17, 15) is 18.0 Å². The average Bonchev–Trinajstić information content (AvgIpc) is 1.99. The van der Waals surface area contributed by atoms with Gasteiger partial charge in [-0.25, -0.2) is 0 Å². The van der Waals surface area contributed by atoms with E-state index in [2.05, 4.69) is 21.2 Å². The summed E-state index contributed by atoms with van der Waals surface area (Å²) in [7, 11) is 0. The van der Waals surface area contributed by atoms with Gasteiger partial charge in [-0.15, -0.1) is 0 Å². The third kappa shape index (κ3) is 6.23. The Labute approximate surface area is 89.4 Å². The van der Waals surface area contributed by atoms with E-state index in [1.165, 1.54) is 0 Å². The molecule has 0 aromatic heterocycles. The zero-order valence-corrected chi connectivity index (χ0v) is 9.58. The van der Waals surface area contributed by atoms with Crippen molar-refractivity contribution in [1.82, 2.24) is 5.32 Å². The second-order valence-electron chi connectivity index (χ2n) is 3.28. The molecule has 0 radical (unpaired) electrons. The van der Waals surface area contributed by atoms with Crippen LogP contribution in [-0.2, 0) is 4.79 Å². The molecule has 0 spiro atoms. The molecule has 0 aliphatic heterocycles. The number of carbonyl (C=O) groups is 1. The van der Waals surface area contributed by atoms with Crippen LogP contribution in [0.15, 0.2) is 0 Å². The topological polar surface area (TPSA) is 29.1 Å². The monoisotopic (exact) mass is 275 g/mol. The Kier molecular flexibility index (Phi) is 5.48. The number of amides is 1. The van der Waals surface area contributed by atoms with Crippen molar-refractivity contribution >= 4 is 21.8 Å². The molecule has 0 fully saturated rings. The lowest BCUT2D eigenvalue weighted by molar-refractivity contribution is -0.154. The standard InChI is InChI=1S/C8H13BrF3NO/c1-5(4-9)6(2)13-7(14)3-8(10,11)12/h5-6H,3-4H2,1-2H3,(H,13,14). The van der Waals surface area contributed by atoms with Gasteiger partial charge < -0.3 is 5.32 Å². The quantitative estimate of drug-likeness (QED) is 0.785. The molecule has 2 nitrogen and oxygen atoms in total. The maximum absolute atomic E-state index is 11.8. The fourth-order valence-electron chi connectivity index (χ4n) is 0.763.